The summed E-state index contributed by atoms with van der Waals surface area (Å²) >= 11 is 0. The molecule has 6 heteroatoms. The fourth-order valence-corrected chi connectivity index (χ4v) is 1.45. The van der Waals surface area contributed by atoms with Crippen LogP contribution in [0.4, 0.5) is 5.69 Å². The number of carbonyl (C=O) groups is 3. The molecule has 0 spiro atoms. The van der Waals surface area contributed by atoms with Crippen molar-refractivity contribution in [2.24, 2.45) is 0 Å². The third-order valence-corrected chi connectivity index (χ3v) is 2.60. The van der Waals surface area contributed by atoms with Gasteiger partial charge in [-0.15, -0.1) is 0 Å². The quantitative estimate of drug-likeness (QED) is 0.807. The minimum atomic E-state index is -0.536. The summed E-state index contributed by atoms with van der Waals surface area (Å²) in [6.07, 6.45) is 0. The van der Waals surface area contributed by atoms with Gasteiger partial charge in [0.25, 0.3) is 5.91 Å². The fraction of sp³-hybridized carbons (Fsp3) is 0.308. The van der Waals surface area contributed by atoms with Crippen molar-refractivity contribution in [2.75, 3.05) is 25.6 Å². The van der Waals surface area contributed by atoms with Crippen molar-refractivity contribution in [2.45, 2.75) is 6.92 Å². The molecule has 1 rings (SSSR count). The van der Waals surface area contributed by atoms with Gasteiger partial charge >= 0.3 is 5.97 Å². The molecular formula is C13H16N2O4. The molecule has 0 aromatic heterocycles. The Morgan fingerprint density at radius 2 is 1.89 bits per heavy atom. The maximum atomic E-state index is 12.0. The SMILES string of the molecule is COC(=O)CNC(=O)c1ccccc1N(C)C(C)=O. The number of nitrogens with zero attached hydrogens (tertiary/aromatic N) is 1. The third kappa shape index (κ3) is 3.80. The van der Waals surface area contributed by atoms with Gasteiger partial charge in [-0.2, -0.15) is 0 Å². The molecule has 0 radical (unpaired) electrons. The molecule has 1 N–H and O–H groups in total. The van der Waals surface area contributed by atoms with Gasteiger partial charge < -0.3 is 15.0 Å². The summed E-state index contributed by atoms with van der Waals surface area (Å²) in [5.74, 6) is -1.16. The lowest BCUT2D eigenvalue weighted by Gasteiger charge is -2.18. The number of hydrogen-bond donors (Lipinski definition) is 1. The highest BCUT2D eigenvalue weighted by molar-refractivity contribution is 6.04. The Bertz CT molecular complexity index is 499. The normalized spacial score (nSPS) is 9.63. The molecule has 0 aliphatic heterocycles. The van der Waals surface area contributed by atoms with Gasteiger partial charge in [-0.25, -0.2) is 0 Å². The highest BCUT2D eigenvalue weighted by atomic mass is 16.5. The van der Waals surface area contributed by atoms with E-state index in [0.717, 1.165) is 0 Å². The molecule has 1 aromatic rings. The second kappa shape index (κ2) is 6.53. The van der Waals surface area contributed by atoms with Crippen molar-refractivity contribution in [1.82, 2.24) is 5.32 Å². The number of esters is 1. The number of para-hydroxylation sites is 1. The van der Waals surface area contributed by atoms with Crippen LogP contribution in [0.2, 0.25) is 0 Å². The average Bonchev–Trinajstić information content (AvgIpc) is 2.43. The summed E-state index contributed by atoms with van der Waals surface area (Å²) in [7, 11) is 2.82. The Kier molecular flexibility index (Phi) is 5.05. The molecule has 0 saturated heterocycles. The van der Waals surface area contributed by atoms with E-state index in [0.29, 0.717) is 11.3 Å². The van der Waals surface area contributed by atoms with E-state index in [1.807, 2.05) is 0 Å². The van der Waals surface area contributed by atoms with Crippen LogP contribution in [0.3, 0.4) is 0 Å². The van der Waals surface area contributed by atoms with Crippen LogP contribution >= 0.6 is 0 Å². The topological polar surface area (TPSA) is 75.7 Å². The van der Waals surface area contributed by atoms with Gasteiger partial charge in [0.05, 0.1) is 18.4 Å². The largest absolute Gasteiger partial charge is 0.468 e. The lowest BCUT2D eigenvalue weighted by Crippen LogP contribution is -2.32. The van der Waals surface area contributed by atoms with Crippen LogP contribution < -0.4 is 10.2 Å². The smallest absolute Gasteiger partial charge is 0.325 e. The van der Waals surface area contributed by atoms with E-state index in [4.69, 9.17) is 0 Å². The first-order chi connectivity index (χ1) is 8.97. The lowest BCUT2D eigenvalue weighted by atomic mass is 10.1. The molecule has 0 bridgehead atoms. The molecule has 0 unspecified atom stereocenters. The van der Waals surface area contributed by atoms with Gasteiger partial charge in [-0.3, -0.25) is 14.4 Å². The number of hydrogen-bond acceptors (Lipinski definition) is 4. The molecule has 0 fully saturated rings. The van der Waals surface area contributed by atoms with Gasteiger partial charge in [-0.05, 0) is 12.1 Å². The maximum Gasteiger partial charge on any atom is 0.325 e. The predicted molar refractivity (Wildman–Crippen MR) is 69.9 cm³/mol. The molecular weight excluding hydrogens is 248 g/mol. The van der Waals surface area contributed by atoms with Crippen LogP contribution in [-0.4, -0.2) is 38.5 Å². The van der Waals surface area contributed by atoms with E-state index in [2.05, 4.69) is 10.1 Å². The first-order valence-corrected chi connectivity index (χ1v) is 5.65. The second-order valence-electron chi connectivity index (χ2n) is 3.85. The van der Waals surface area contributed by atoms with Crippen LogP contribution in [0.15, 0.2) is 24.3 Å². The second-order valence-corrected chi connectivity index (χ2v) is 3.85. The Morgan fingerprint density at radius 3 is 2.47 bits per heavy atom. The van der Waals surface area contributed by atoms with Crippen LogP contribution in [0.25, 0.3) is 0 Å². The van der Waals surface area contributed by atoms with E-state index >= 15 is 0 Å². The van der Waals surface area contributed by atoms with E-state index in [1.165, 1.54) is 18.9 Å². The number of ether oxygens (including phenoxy) is 1. The first-order valence-electron chi connectivity index (χ1n) is 5.65. The Hall–Kier alpha value is -2.37. The number of nitrogens with one attached hydrogen (secondary N) is 1. The minimum absolute atomic E-state index is 0.187. The van der Waals surface area contributed by atoms with Crippen molar-refractivity contribution >= 4 is 23.5 Å². The van der Waals surface area contributed by atoms with Gasteiger partial charge in [-0.1, -0.05) is 12.1 Å². The molecule has 1 aromatic carbocycles. The average molecular weight is 264 g/mol. The lowest BCUT2D eigenvalue weighted by molar-refractivity contribution is -0.139. The van der Waals surface area contributed by atoms with Crippen molar-refractivity contribution < 1.29 is 19.1 Å². The zero-order valence-electron chi connectivity index (χ0n) is 11.1. The highest BCUT2D eigenvalue weighted by Crippen LogP contribution is 2.19. The number of carbonyl (C=O) groups excluding carboxylic acids is 3. The Morgan fingerprint density at radius 1 is 1.26 bits per heavy atom. The molecule has 0 atom stereocenters. The predicted octanol–water partition coefficient (Wildman–Crippen LogP) is 0.572. The Balaban J connectivity index is 2.91. The summed E-state index contributed by atoms with van der Waals surface area (Å²) in [5, 5.41) is 2.43. The minimum Gasteiger partial charge on any atom is -0.468 e. The number of amides is 2. The highest BCUT2D eigenvalue weighted by Gasteiger charge is 2.16. The fourth-order valence-electron chi connectivity index (χ4n) is 1.45. The summed E-state index contributed by atoms with van der Waals surface area (Å²) in [6, 6.07) is 6.66. The standard InChI is InChI=1S/C13H16N2O4/c1-9(16)15(2)11-7-5-4-6-10(11)13(18)14-8-12(17)19-3/h4-7H,8H2,1-3H3,(H,14,18). The summed E-state index contributed by atoms with van der Waals surface area (Å²) < 4.78 is 4.43. The maximum absolute atomic E-state index is 12.0. The number of anilines is 1. The zero-order valence-corrected chi connectivity index (χ0v) is 11.1. The molecule has 19 heavy (non-hydrogen) atoms. The van der Waals surface area contributed by atoms with E-state index in [1.54, 1.807) is 31.3 Å². The Labute approximate surface area is 111 Å². The molecule has 6 nitrogen and oxygen atoms in total. The van der Waals surface area contributed by atoms with E-state index < -0.39 is 11.9 Å². The summed E-state index contributed by atoms with van der Waals surface area (Å²) in [6.45, 7) is 1.19. The monoisotopic (exact) mass is 264 g/mol. The number of rotatable bonds is 4. The van der Waals surface area contributed by atoms with Crippen LogP contribution in [0.1, 0.15) is 17.3 Å². The van der Waals surface area contributed by atoms with Crippen molar-refractivity contribution in [1.29, 1.82) is 0 Å². The zero-order chi connectivity index (χ0) is 14.4. The van der Waals surface area contributed by atoms with E-state index in [9.17, 15) is 14.4 Å². The molecule has 0 aliphatic rings. The van der Waals surface area contributed by atoms with Crippen LogP contribution in [-0.2, 0) is 14.3 Å². The van der Waals surface area contributed by atoms with Crippen LogP contribution in [0, 0.1) is 0 Å². The van der Waals surface area contributed by atoms with Gasteiger partial charge in [0.15, 0.2) is 0 Å². The molecule has 0 saturated carbocycles. The number of benzene rings is 1. The summed E-state index contributed by atoms with van der Waals surface area (Å²) in [4.78, 5) is 35.6. The van der Waals surface area contributed by atoms with Crippen molar-refractivity contribution in [3.8, 4) is 0 Å². The molecule has 0 heterocycles. The summed E-state index contributed by atoms with van der Waals surface area (Å²) in [5.41, 5.74) is 0.807. The molecule has 102 valence electrons. The van der Waals surface area contributed by atoms with Gasteiger partial charge in [0.1, 0.15) is 6.54 Å². The first kappa shape index (κ1) is 14.7. The molecule has 2 amide bonds. The van der Waals surface area contributed by atoms with Crippen molar-refractivity contribution in [3.05, 3.63) is 29.8 Å². The molecule has 0 aliphatic carbocycles. The number of methoxy groups -OCH3 is 1. The van der Waals surface area contributed by atoms with Gasteiger partial charge in [0.2, 0.25) is 5.91 Å². The van der Waals surface area contributed by atoms with Gasteiger partial charge in [0, 0.05) is 14.0 Å². The van der Waals surface area contributed by atoms with Crippen molar-refractivity contribution in [3.63, 3.8) is 0 Å². The van der Waals surface area contributed by atoms with Crippen LogP contribution in [0.5, 0.6) is 0 Å². The third-order valence-electron chi connectivity index (χ3n) is 2.60. The van der Waals surface area contributed by atoms with E-state index in [-0.39, 0.29) is 12.5 Å².